The molecular formula is C14H16F3N3O. The SMILES string of the molecule is CCn1cc(Oc2ccc(CCN)c(C(F)(F)F)c2)cn1. The summed E-state index contributed by atoms with van der Waals surface area (Å²) in [6, 6.07) is 3.90. The number of benzene rings is 1. The van der Waals surface area contributed by atoms with Crippen molar-refractivity contribution in [2.24, 2.45) is 5.73 Å². The molecule has 0 saturated heterocycles. The molecule has 0 aliphatic rings. The molecule has 2 rings (SSSR count). The molecule has 0 fully saturated rings. The van der Waals surface area contributed by atoms with Crippen molar-refractivity contribution in [1.29, 1.82) is 0 Å². The van der Waals surface area contributed by atoms with Crippen LogP contribution >= 0.6 is 0 Å². The van der Waals surface area contributed by atoms with Crippen molar-refractivity contribution in [3.63, 3.8) is 0 Å². The molecule has 21 heavy (non-hydrogen) atoms. The molecular weight excluding hydrogens is 283 g/mol. The van der Waals surface area contributed by atoms with Crippen LogP contribution in [0, 0.1) is 0 Å². The number of nitrogens with two attached hydrogens (primary N) is 1. The fourth-order valence-corrected chi connectivity index (χ4v) is 1.96. The number of aromatic nitrogens is 2. The quantitative estimate of drug-likeness (QED) is 0.922. The third-order valence-corrected chi connectivity index (χ3v) is 2.97. The maximum absolute atomic E-state index is 13.0. The third kappa shape index (κ3) is 3.75. The van der Waals surface area contributed by atoms with Crippen molar-refractivity contribution in [3.8, 4) is 11.5 Å². The van der Waals surface area contributed by atoms with E-state index in [1.807, 2.05) is 6.92 Å². The van der Waals surface area contributed by atoms with Crippen LogP contribution in [0.15, 0.2) is 30.6 Å². The Morgan fingerprint density at radius 1 is 1.29 bits per heavy atom. The van der Waals surface area contributed by atoms with Crippen molar-refractivity contribution in [2.75, 3.05) is 6.54 Å². The second-order valence-corrected chi connectivity index (χ2v) is 4.49. The van der Waals surface area contributed by atoms with Crippen LogP contribution < -0.4 is 10.5 Å². The summed E-state index contributed by atoms with van der Waals surface area (Å²) in [5.74, 6) is 0.523. The highest BCUT2D eigenvalue weighted by Gasteiger charge is 2.33. The van der Waals surface area contributed by atoms with Crippen molar-refractivity contribution >= 4 is 0 Å². The zero-order chi connectivity index (χ0) is 15.5. The molecule has 1 aromatic carbocycles. The largest absolute Gasteiger partial charge is 0.454 e. The summed E-state index contributed by atoms with van der Waals surface area (Å²) < 4.78 is 46.2. The van der Waals surface area contributed by atoms with E-state index in [0.717, 1.165) is 6.07 Å². The van der Waals surface area contributed by atoms with Gasteiger partial charge < -0.3 is 10.5 Å². The molecule has 0 spiro atoms. The number of alkyl halides is 3. The summed E-state index contributed by atoms with van der Waals surface area (Å²) >= 11 is 0. The van der Waals surface area contributed by atoms with Gasteiger partial charge in [-0.1, -0.05) is 6.07 Å². The van der Waals surface area contributed by atoms with E-state index in [-0.39, 0.29) is 24.3 Å². The van der Waals surface area contributed by atoms with E-state index in [4.69, 9.17) is 10.5 Å². The number of rotatable bonds is 5. The van der Waals surface area contributed by atoms with Crippen LogP contribution in [-0.4, -0.2) is 16.3 Å². The molecule has 0 saturated carbocycles. The molecule has 114 valence electrons. The van der Waals surface area contributed by atoms with E-state index >= 15 is 0 Å². The number of ether oxygens (including phenoxy) is 1. The van der Waals surface area contributed by atoms with Crippen molar-refractivity contribution in [2.45, 2.75) is 26.1 Å². The molecule has 0 radical (unpaired) electrons. The second-order valence-electron chi connectivity index (χ2n) is 4.49. The molecule has 2 aromatic rings. The molecule has 0 amide bonds. The minimum atomic E-state index is -4.43. The van der Waals surface area contributed by atoms with Gasteiger partial charge in [-0.3, -0.25) is 4.68 Å². The minimum absolute atomic E-state index is 0.124. The Labute approximate surface area is 120 Å². The predicted molar refractivity (Wildman–Crippen MR) is 72.2 cm³/mol. The number of aryl methyl sites for hydroxylation is 1. The van der Waals surface area contributed by atoms with Crippen LogP contribution in [0.1, 0.15) is 18.1 Å². The first-order chi connectivity index (χ1) is 9.94. The average Bonchev–Trinajstić information content (AvgIpc) is 2.87. The summed E-state index contributed by atoms with van der Waals surface area (Å²) in [5.41, 5.74) is 4.80. The van der Waals surface area contributed by atoms with Gasteiger partial charge in [0.2, 0.25) is 0 Å². The van der Waals surface area contributed by atoms with Crippen molar-refractivity contribution in [1.82, 2.24) is 9.78 Å². The van der Waals surface area contributed by atoms with Crippen LogP contribution in [-0.2, 0) is 19.1 Å². The monoisotopic (exact) mass is 299 g/mol. The van der Waals surface area contributed by atoms with Crippen LogP contribution in [0.2, 0.25) is 0 Å². The highest BCUT2D eigenvalue weighted by atomic mass is 19.4. The molecule has 1 aromatic heterocycles. The van der Waals surface area contributed by atoms with Gasteiger partial charge in [0.15, 0.2) is 5.75 Å². The number of hydrogen-bond donors (Lipinski definition) is 1. The Balaban J connectivity index is 2.28. The maximum Gasteiger partial charge on any atom is 0.416 e. The van der Waals surface area contributed by atoms with E-state index < -0.39 is 11.7 Å². The van der Waals surface area contributed by atoms with E-state index in [1.54, 1.807) is 10.9 Å². The number of hydrogen-bond acceptors (Lipinski definition) is 3. The molecule has 4 nitrogen and oxygen atoms in total. The second kappa shape index (κ2) is 6.17. The summed E-state index contributed by atoms with van der Waals surface area (Å²) in [4.78, 5) is 0. The molecule has 7 heteroatoms. The predicted octanol–water partition coefficient (Wildman–Crippen LogP) is 3.22. The molecule has 1 heterocycles. The summed E-state index contributed by atoms with van der Waals surface area (Å²) in [7, 11) is 0. The summed E-state index contributed by atoms with van der Waals surface area (Å²) in [6.45, 7) is 2.72. The summed E-state index contributed by atoms with van der Waals surface area (Å²) in [6.07, 6.45) is -1.17. The smallest absolute Gasteiger partial charge is 0.416 e. The Bertz CT molecular complexity index is 608. The van der Waals surface area contributed by atoms with Gasteiger partial charge in [0, 0.05) is 6.54 Å². The van der Waals surface area contributed by atoms with Gasteiger partial charge in [-0.15, -0.1) is 0 Å². The van der Waals surface area contributed by atoms with Gasteiger partial charge in [-0.25, -0.2) is 0 Å². The molecule has 0 aliphatic carbocycles. The van der Waals surface area contributed by atoms with Crippen LogP contribution in [0.5, 0.6) is 11.5 Å². The standard InChI is InChI=1S/C14H16F3N3O/c1-2-20-9-12(8-19-20)21-11-4-3-10(5-6-18)13(7-11)14(15,16)17/h3-4,7-9H,2,5-6,18H2,1H3. The van der Waals surface area contributed by atoms with E-state index in [9.17, 15) is 13.2 Å². The summed E-state index contributed by atoms with van der Waals surface area (Å²) in [5, 5.41) is 4.00. The molecule has 0 aliphatic heterocycles. The highest BCUT2D eigenvalue weighted by Crippen LogP contribution is 2.35. The molecule has 2 N–H and O–H groups in total. The van der Waals surface area contributed by atoms with Gasteiger partial charge in [0.1, 0.15) is 5.75 Å². The zero-order valence-corrected chi connectivity index (χ0v) is 11.5. The van der Waals surface area contributed by atoms with Gasteiger partial charge in [0.25, 0.3) is 0 Å². The van der Waals surface area contributed by atoms with Gasteiger partial charge in [0.05, 0.1) is 18.0 Å². The lowest BCUT2D eigenvalue weighted by molar-refractivity contribution is -0.138. The van der Waals surface area contributed by atoms with E-state index in [2.05, 4.69) is 5.10 Å². The fourth-order valence-electron chi connectivity index (χ4n) is 1.96. The minimum Gasteiger partial charge on any atom is -0.454 e. The zero-order valence-electron chi connectivity index (χ0n) is 11.5. The average molecular weight is 299 g/mol. The van der Waals surface area contributed by atoms with Gasteiger partial charge >= 0.3 is 6.18 Å². The first kappa shape index (κ1) is 15.4. The lowest BCUT2D eigenvalue weighted by Crippen LogP contribution is -2.12. The maximum atomic E-state index is 13.0. The topological polar surface area (TPSA) is 53.1 Å². The Hall–Kier alpha value is -2.02. The normalized spacial score (nSPS) is 11.7. The molecule has 0 unspecified atom stereocenters. The third-order valence-electron chi connectivity index (χ3n) is 2.97. The lowest BCUT2D eigenvalue weighted by atomic mass is 10.0. The van der Waals surface area contributed by atoms with E-state index in [1.165, 1.54) is 18.3 Å². The Kier molecular flexibility index (Phi) is 4.52. The van der Waals surface area contributed by atoms with Crippen LogP contribution in [0.3, 0.4) is 0 Å². The Morgan fingerprint density at radius 3 is 2.62 bits per heavy atom. The van der Waals surface area contributed by atoms with Crippen molar-refractivity contribution < 1.29 is 17.9 Å². The highest BCUT2D eigenvalue weighted by molar-refractivity contribution is 5.39. The first-order valence-electron chi connectivity index (χ1n) is 6.54. The van der Waals surface area contributed by atoms with Gasteiger partial charge in [-0.2, -0.15) is 18.3 Å². The molecule has 0 atom stereocenters. The molecule has 0 bridgehead atoms. The fraction of sp³-hybridized carbons (Fsp3) is 0.357. The van der Waals surface area contributed by atoms with E-state index in [0.29, 0.717) is 12.3 Å². The Morgan fingerprint density at radius 2 is 2.05 bits per heavy atom. The van der Waals surface area contributed by atoms with Crippen LogP contribution in [0.25, 0.3) is 0 Å². The van der Waals surface area contributed by atoms with Crippen LogP contribution in [0.4, 0.5) is 13.2 Å². The van der Waals surface area contributed by atoms with Crippen molar-refractivity contribution in [3.05, 3.63) is 41.7 Å². The number of nitrogens with zero attached hydrogens (tertiary/aromatic N) is 2. The first-order valence-corrected chi connectivity index (χ1v) is 6.54. The number of halogens is 3. The van der Waals surface area contributed by atoms with Gasteiger partial charge in [-0.05, 0) is 37.6 Å². The lowest BCUT2D eigenvalue weighted by Gasteiger charge is -2.14.